The normalized spacial score (nSPS) is 16.6. The van der Waals surface area contributed by atoms with Gasteiger partial charge in [0.2, 0.25) is 5.91 Å². The van der Waals surface area contributed by atoms with Gasteiger partial charge < -0.3 is 19.3 Å². The van der Waals surface area contributed by atoms with Crippen molar-refractivity contribution in [2.75, 3.05) is 51.9 Å². The van der Waals surface area contributed by atoms with Gasteiger partial charge in [-0.2, -0.15) is 0 Å². The van der Waals surface area contributed by atoms with Gasteiger partial charge in [0, 0.05) is 56.9 Å². The Bertz CT molecular complexity index is 888. The second-order valence-electron chi connectivity index (χ2n) is 8.07. The van der Waals surface area contributed by atoms with Gasteiger partial charge in [-0.1, -0.05) is 12.1 Å². The molecule has 1 saturated heterocycles. The van der Waals surface area contributed by atoms with Crippen LogP contribution in [0.4, 0.5) is 5.82 Å². The van der Waals surface area contributed by atoms with Crippen molar-refractivity contribution in [1.29, 1.82) is 0 Å². The van der Waals surface area contributed by atoms with Crippen LogP contribution in [0.25, 0.3) is 0 Å². The summed E-state index contributed by atoms with van der Waals surface area (Å²) in [6.45, 7) is 5.14. The first-order valence-electron chi connectivity index (χ1n) is 10.6. The van der Waals surface area contributed by atoms with E-state index in [1.807, 2.05) is 17.0 Å². The molecule has 0 unspecified atom stereocenters. The van der Waals surface area contributed by atoms with Gasteiger partial charge in [0.1, 0.15) is 24.0 Å². The molecule has 2 heterocycles. The van der Waals surface area contributed by atoms with Crippen molar-refractivity contribution in [3.8, 4) is 5.75 Å². The molecular formula is C23H30N4O3. The summed E-state index contributed by atoms with van der Waals surface area (Å²) >= 11 is 0. The van der Waals surface area contributed by atoms with Crippen molar-refractivity contribution in [3.63, 3.8) is 0 Å². The number of benzene rings is 1. The summed E-state index contributed by atoms with van der Waals surface area (Å²) in [5, 5.41) is 0. The lowest BCUT2D eigenvalue weighted by Crippen LogP contribution is -2.50. The standard InChI is InChI=1S/C23H30N4O3/c1-16-20(14-17-4-8-19(30-3)9-5-17)23(25-22(24-16)18-6-7-18)27-12-10-26(11-13-27)21(28)15-29-2/h4-5,8-9,18H,6-7,10-15H2,1-3H3. The summed E-state index contributed by atoms with van der Waals surface area (Å²) in [6, 6.07) is 8.17. The van der Waals surface area contributed by atoms with Crippen molar-refractivity contribution >= 4 is 11.7 Å². The van der Waals surface area contributed by atoms with Crippen molar-refractivity contribution in [2.45, 2.75) is 32.1 Å². The number of nitrogens with zero attached hydrogens (tertiary/aromatic N) is 4. The highest BCUT2D eigenvalue weighted by molar-refractivity contribution is 5.77. The zero-order chi connectivity index (χ0) is 21.1. The number of amides is 1. The Morgan fingerprint density at radius 3 is 2.37 bits per heavy atom. The van der Waals surface area contributed by atoms with Gasteiger partial charge in [-0.25, -0.2) is 9.97 Å². The maximum absolute atomic E-state index is 12.2. The predicted octanol–water partition coefficient (Wildman–Crippen LogP) is 2.56. The van der Waals surface area contributed by atoms with Crippen LogP contribution in [0.3, 0.4) is 0 Å². The molecule has 4 rings (SSSR count). The third-order valence-corrected chi connectivity index (χ3v) is 5.89. The Kier molecular flexibility index (Phi) is 6.18. The molecule has 2 aliphatic rings. The summed E-state index contributed by atoms with van der Waals surface area (Å²) in [4.78, 5) is 26.2. The van der Waals surface area contributed by atoms with Crippen LogP contribution >= 0.6 is 0 Å². The molecule has 7 nitrogen and oxygen atoms in total. The lowest BCUT2D eigenvalue weighted by atomic mass is 10.0. The molecule has 7 heteroatoms. The van der Waals surface area contributed by atoms with Crippen molar-refractivity contribution < 1.29 is 14.3 Å². The van der Waals surface area contributed by atoms with E-state index in [2.05, 4.69) is 24.0 Å². The number of hydrogen-bond acceptors (Lipinski definition) is 6. The monoisotopic (exact) mass is 410 g/mol. The maximum Gasteiger partial charge on any atom is 0.248 e. The molecule has 2 fully saturated rings. The number of carbonyl (C=O) groups excluding carboxylic acids is 1. The quantitative estimate of drug-likeness (QED) is 0.699. The molecule has 1 amide bonds. The summed E-state index contributed by atoms with van der Waals surface area (Å²) in [5.41, 5.74) is 3.42. The van der Waals surface area contributed by atoms with Crippen LogP contribution in [0.1, 0.15) is 41.4 Å². The smallest absolute Gasteiger partial charge is 0.248 e. The van der Waals surface area contributed by atoms with Crippen LogP contribution in [-0.2, 0) is 16.0 Å². The van der Waals surface area contributed by atoms with Gasteiger partial charge in [0.25, 0.3) is 0 Å². The van der Waals surface area contributed by atoms with E-state index in [9.17, 15) is 4.79 Å². The van der Waals surface area contributed by atoms with Gasteiger partial charge in [0.15, 0.2) is 0 Å². The van der Waals surface area contributed by atoms with E-state index in [0.717, 1.165) is 42.6 Å². The molecule has 160 valence electrons. The van der Waals surface area contributed by atoms with E-state index < -0.39 is 0 Å². The topological polar surface area (TPSA) is 67.8 Å². The maximum atomic E-state index is 12.2. The lowest BCUT2D eigenvalue weighted by molar-refractivity contribution is -0.135. The van der Waals surface area contributed by atoms with E-state index >= 15 is 0 Å². The van der Waals surface area contributed by atoms with Gasteiger partial charge in [-0.15, -0.1) is 0 Å². The first kappa shape index (κ1) is 20.6. The molecule has 0 radical (unpaired) electrons. The SMILES string of the molecule is COCC(=O)N1CCN(c2nc(C3CC3)nc(C)c2Cc2ccc(OC)cc2)CC1. The van der Waals surface area contributed by atoms with Gasteiger partial charge in [0.05, 0.1) is 7.11 Å². The summed E-state index contributed by atoms with van der Waals surface area (Å²) in [5.74, 6) is 3.40. The fourth-order valence-corrected chi connectivity index (χ4v) is 3.92. The molecule has 30 heavy (non-hydrogen) atoms. The second-order valence-corrected chi connectivity index (χ2v) is 8.07. The Morgan fingerprint density at radius 1 is 1.07 bits per heavy atom. The molecule has 0 N–H and O–H groups in total. The molecule has 1 aliphatic heterocycles. The zero-order valence-electron chi connectivity index (χ0n) is 18.1. The summed E-state index contributed by atoms with van der Waals surface area (Å²) < 4.78 is 10.3. The minimum absolute atomic E-state index is 0.0492. The van der Waals surface area contributed by atoms with Gasteiger partial charge in [-0.3, -0.25) is 4.79 Å². The molecule has 0 spiro atoms. The lowest BCUT2D eigenvalue weighted by Gasteiger charge is -2.36. The highest BCUT2D eigenvalue weighted by Crippen LogP contribution is 2.39. The molecule has 1 saturated carbocycles. The highest BCUT2D eigenvalue weighted by Gasteiger charge is 2.30. The fraction of sp³-hybridized carbons (Fsp3) is 0.522. The van der Waals surface area contributed by atoms with Crippen LogP contribution < -0.4 is 9.64 Å². The Balaban J connectivity index is 1.58. The van der Waals surface area contributed by atoms with E-state index in [4.69, 9.17) is 19.4 Å². The predicted molar refractivity (Wildman–Crippen MR) is 115 cm³/mol. The molecule has 0 bridgehead atoms. The molecule has 0 atom stereocenters. The first-order chi connectivity index (χ1) is 14.6. The van der Waals surface area contributed by atoms with E-state index in [-0.39, 0.29) is 12.5 Å². The number of anilines is 1. The number of piperazine rings is 1. The number of rotatable bonds is 7. The first-order valence-corrected chi connectivity index (χ1v) is 10.6. The molecule has 1 aliphatic carbocycles. The zero-order valence-corrected chi connectivity index (χ0v) is 18.1. The molecule has 1 aromatic carbocycles. The van der Waals surface area contributed by atoms with Crippen LogP contribution in [-0.4, -0.2) is 67.8 Å². The van der Waals surface area contributed by atoms with E-state index in [1.54, 1.807) is 14.2 Å². The average Bonchev–Trinajstić information content (AvgIpc) is 3.61. The fourth-order valence-electron chi connectivity index (χ4n) is 3.92. The van der Waals surface area contributed by atoms with E-state index in [0.29, 0.717) is 19.0 Å². The highest BCUT2D eigenvalue weighted by atomic mass is 16.5. The van der Waals surface area contributed by atoms with Crippen LogP contribution in [0.15, 0.2) is 24.3 Å². The largest absolute Gasteiger partial charge is 0.497 e. The minimum atomic E-state index is 0.0492. The molecule has 1 aromatic heterocycles. The van der Waals surface area contributed by atoms with Crippen LogP contribution in [0.2, 0.25) is 0 Å². The number of aryl methyl sites for hydroxylation is 1. The number of carbonyl (C=O) groups is 1. The summed E-state index contributed by atoms with van der Waals surface area (Å²) in [7, 11) is 3.24. The van der Waals surface area contributed by atoms with Crippen LogP contribution in [0.5, 0.6) is 5.75 Å². The van der Waals surface area contributed by atoms with E-state index in [1.165, 1.54) is 24.0 Å². The Hall–Kier alpha value is -2.67. The van der Waals surface area contributed by atoms with Crippen molar-refractivity contribution in [3.05, 3.63) is 46.9 Å². The summed E-state index contributed by atoms with van der Waals surface area (Å²) in [6.07, 6.45) is 3.13. The molecule has 2 aromatic rings. The Morgan fingerprint density at radius 2 is 1.77 bits per heavy atom. The van der Waals surface area contributed by atoms with Crippen molar-refractivity contribution in [2.24, 2.45) is 0 Å². The second kappa shape index (κ2) is 9.00. The minimum Gasteiger partial charge on any atom is -0.497 e. The average molecular weight is 411 g/mol. The third-order valence-electron chi connectivity index (χ3n) is 5.89. The number of methoxy groups -OCH3 is 2. The number of aromatic nitrogens is 2. The third kappa shape index (κ3) is 4.56. The van der Waals surface area contributed by atoms with Crippen molar-refractivity contribution in [1.82, 2.24) is 14.9 Å². The number of hydrogen-bond donors (Lipinski definition) is 0. The van der Waals surface area contributed by atoms with Crippen LogP contribution in [0, 0.1) is 6.92 Å². The number of ether oxygens (including phenoxy) is 2. The van der Waals surface area contributed by atoms with Gasteiger partial charge >= 0.3 is 0 Å². The Labute approximate surface area is 178 Å². The molecular weight excluding hydrogens is 380 g/mol. The van der Waals surface area contributed by atoms with Gasteiger partial charge in [-0.05, 0) is 37.5 Å².